The lowest BCUT2D eigenvalue weighted by Gasteiger charge is -2.07. The molecule has 2 N–H and O–H groups in total. The molecule has 0 atom stereocenters. The van der Waals surface area contributed by atoms with E-state index in [9.17, 15) is 0 Å². The molecule has 0 spiro atoms. The summed E-state index contributed by atoms with van der Waals surface area (Å²) >= 11 is 0. The second kappa shape index (κ2) is 5.01. The summed E-state index contributed by atoms with van der Waals surface area (Å²) < 4.78 is 7.21. The van der Waals surface area contributed by atoms with Gasteiger partial charge in [-0.15, -0.1) is 0 Å². The average molecular weight is 231 g/mol. The zero-order valence-electron chi connectivity index (χ0n) is 10.2. The van der Waals surface area contributed by atoms with E-state index in [4.69, 9.17) is 10.5 Å². The smallest absolute Gasteiger partial charge is 0.123 e. The number of ether oxygens (including phenoxy) is 1. The SMILES string of the molecule is COc1ccccc1Cn1cc(CN)c(C)n1. The van der Waals surface area contributed by atoms with E-state index in [1.807, 2.05) is 42.1 Å². The molecule has 0 aliphatic heterocycles. The van der Waals surface area contributed by atoms with Gasteiger partial charge in [0.2, 0.25) is 0 Å². The molecular formula is C13H17N3O. The van der Waals surface area contributed by atoms with E-state index < -0.39 is 0 Å². The van der Waals surface area contributed by atoms with Crippen LogP contribution in [0.1, 0.15) is 16.8 Å². The molecule has 0 amide bonds. The maximum atomic E-state index is 5.64. The highest BCUT2D eigenvalue weighted by Gasteiger charge is 2.06. The van der Waals surface area contributed by atoms with Gasteiger partial charge in [0.25, 0.3) is 0 Å². The fourth-order valence-electron chi connectivity index (χ4n) is 1.85. The van der Waals surface area contributed by atoms with Gasteiger partial charge in [-0.1, -0.05) is 18.2 Å². The van der Waals surface area contributed by atoms with E-state index in [-0.39, 0.29) is 0 Å². The van der Waals surface area contributed by atoms with Crippen molar-refractivity contribution in [3.8, 4) is 5.75 Å². The Bertz CT molecular complexity index is 505. The Kier molecular flexibility index (Phi) is 3.44. The second-order valence-electron chi connectivity index (χ2n) is 3.95. The third-order valence-electron chi connectivity index (χ3n) is 2.79. The summed E-state index contributed by atoms with van der Waals surface area (Å²) in [5.74, 6) is 0.884. The van der Waals surface area contributed by atoms with Crippen LogP contribution in [0, 0.1) is 6.92 Å². The molecule has 4 heteroatoms. The molecule has 1 heterocycles. The Balaban J connectivity index is 2.25. The Hall–Kier alpha value is -1.81. The first-order valence-electron chi connectivity index (χ1n) is 5.59. The minimum atomic E-state index is 0.526. The summed E-state index contributed by atoms with van der Waals surface area (Å²) in [4.78, 5) is 0. The fourth-order valence-corrected chi connectivity index (χ4v) is 1.85. The van der Waals surface area contributed by atoms with Gasteiger partial charge >= 0.3 is 0 Å². The number of rotatable bonds is 4. The number of hydrogen-bond donors (Lipinski definition) is 1. The maximum Gasteiger partial charge on any atom is 0.123 e. The summed E-state index contributed by atoms with van der Waals surface area (Å²) in [7, 11) is 1.68. The number of aryl methyl sites for hydroxylation is 1. The van der Waals surface area contributed by atoms with Crippen LogP contribution < -0.4 is 10.5 Å². The van der Waals surface area contributed by atoms with Gasteiger partial charge in [0, 0.05) is 23.9 Å². The molecule has 0 unspecified atom stereocenters. The van der Waals surface area contributed by atoms with Crippen molar-refractivity contribution in [1.29, 1.82) is 0 Å². The summed E-state index contributed by atoms with van der Waals surface area (Å²) in [6, 6.07) is 7.95. The minimum absolute atomic E-state index is 0.526. The van der Waals surface area contributed by atoms with E-state index in [0.717, 1.165) is 22.6 Å². The number of benzene rings is 1. The summed E-state index contributed by atoms with van der Waals surface area (Å²) in [6.07, 6.45) is 1.99. The standard InChI is InChI=1S/C13H17N3O/c1-10-12(7-14)9-16(15-10)8-11-5-3-4-6-13(11)17-2/h3-6,9H,7-8,14H2,1-2H3. The van der Waals surface area contributed by atoms with Crippen molar-refractivity contribution in [1.82, 2.24) is 9.78 Å². The van der Waals surface area contributed by atoms with Crippen molar-refractivity contribution in [2.24, 2.45) is 5.73 Å². The minimum Gasteiger partial charge on any atom is -0.496 e. The van der Waals surface area contributed by atoms with Gasteiger partial charge in [0.05, 0.1) is 19.3 Å². The van der Waals surface area contributed by atoms with Crippen LogP contribution >= 0.6 is 0 Å². The van der Waals surface area contributed by atoms with Gasteiger partial charge in [-0.3, -0.25) is 4.68 Å². The van der Waals surface area contributed by atoms with Crippen molar-refractivity contribution in [3.63, 3.8) is 0 Å². The van der Waals surface area contributed by atoms with E-state index in [2.05, 4.69) is 5.10 Å². The Labute approximate surface area is 101 Å². The van der Waals surface area contributed by atoms with E-state index >= 15 is 0 Å². The molecule has 2 aromatic rings. The van der Waals surface area contributed by atoms with E-state index in [0.29, 0.717) is 13.1 Å². The van der Waals surface area contributed by atoms with Crippen LogP contribution in [0.4, 0.5) is 0 Å². The van der Waals surface area contributed by atoms with Crippen molar-refractivity contribution >= 4 is 0 Å². The lowest BCUT2D eigenvalue weighted by atomic mass is 10.2. The highest BCUT2D eigenvalue weighted by atomic mass is 16.5. The van der Waals surface area contributed by atoms with Crippen molar-refractivity contribution in [2.45, 2.75) is 20.0 Å². The van der Waals surface area contributed by atoms with Crippen molar-refractivity contribution in [2.75, 3.05) is 7.11 Å². The van der Waals surface area contributed by atoms with Crippen LogP contribution in [0.15, 0.2) is 30.5 Å². The van der Waals surface area contributed by atoms with E-state index in [1.54, 1.807) is 7.11 Å². The predicted octanol–water partition coefficient (Wildman–Crippen LogP) is 1.71. The molecule has 0 saturated carbocycles. The monoisotopic (exact) mass is 231 g/mol. The average Bonchev–Trinajstić information content (AvgIpc) is 2.70. The van der Waals surface area contributed by atoms with Gasteiger partial charge in [-0.2, -0.15) is 5.10 Å². The third-order valence-corrected chi connectivity index (χ3v) is 2.79. The normalized spacial score (nSPS) is 10.5. The number of aromatic nitrogens is 2. The molecule has 90 valence electrons. The zero-order valence-corrected chi connectivity index (χ0v) is 10.2. The zero-order chi connectivity index (χ0) is 12.3. The molecule has 0 bridgehead atoms. The Morgan fingerprint density at radius 2 is 2.06 bits per heavy atom. The molecule has 2 rings (SSSR count). The van der Waals surface area contributed by atoms with Gasteiger partial charge < -0.3 is 10.5 Å². The summed E-state index contributed by atoms with van der Waals surface area (Å²) in [5.41, 5.74) is 8.82. The lowest BCUT2D eigenvalue weighted by Crippen LogP contribution is -2.02. The number of para-hydroxylation sites is 1. The number of methoxy groups -OCH3 is 1. The van der Waals surface area contributed by atoms with Gasteiger partial charge in [-0.05, 0) is 13.0 Å². The predicted molar refractivity (Wildman–Crippen MR) is 67.0 cm³/mol. The molecule has 4 nitrogen and oxygen atoms in total. The molecule has 0 aliphatic carbocycles. The number of hydrogen-bond acceptors (Lipinski definition) is 3. The largest absolute Gasteiger partial charge is 0.496 e. The van der Waals surface area contributed by atoms with Gasteiger partial charge in [-0.25, -0.2) is 0 Å². The van der Waals surface area contributed by atoms with Crippen molar-refractivity contribution in [3.05, 3.63) is 47.3 Å². The molecular weight excluding hydrogens is 214 g/mol. The Morgan fingerprint density at radius 3 is 2.71 bits per heavy atom. The quantitative estimate of drug-likeness (QED) is 0.871. The van der Waals surface area contributed by atoms with Crippen LogP contribution in [0.25, 0.3) is 0 Å². The van der Waals surface area contributed by atoms with Crippen LogP contribution in [-0.4, -0.2) is 16.9 Å². The van der Waals surface area contributed by atoms with Gasteiger partial charge in [0.1, 0.15) is 5.75 Å². The van der Waals surface area contributed by atoms with Gasteiger partial charge in [0.15, 0.2) is 0 Å². The molecule has 1 aromatic heterocycles. The summed E-state index contributed by atoms with van der Waals surface area (Å²) in [5, 5.41) is 4.43. The summed E-state index contributed by atoms with van der Waals surface area (Å²) in [6.45, 7) is 3.20. The third kappa shape index (κ3) is 2.47. The lowest BCUT2D eigenvalue weighted by molar-refractivity contribution is 0.407. The van der Waals surface area contributed by atoms with Crippen LogP contribution in [-0.2, 0) is 13.1 Å². The molecule has 0 radical (unpaired) electrons. The van der Waals surface area contributed by atoms with Crippen LogP contribution in [0.3, 0.4) is 0 Å². The topological polar surface area (TPSA) is 53.1 Å². The highest BCUT2D eigenvalue weighted by molar-refractivity contribution is 5.33. The second-order valence-corrected chi connectivity index (χ2v) is 3.95. The molecule has 0 aliphatic rings. The first kappa shape index (κ1) is 11.7. The maximum absolute atomic E-state index is 5.64. The first-order chi connectivity index (χ1) is 8.24. The molecule has 0 saturated heterocycles. The fraction of sp³-hybridized carbons (Fsp3) is 0.308. The first-order valence-corrected chi connectivity index (χ1v) is 5.59. The molecule has 0 fully saturated rings. The number of nitrogens with zero attached hydrogens (tertiary/aromatic N) is 2. The van der Waals surface area contributed by atoms with Crippen LogP contribution in [0.5, 0.6) is 5.75 Å². The Morgan fingerprint density at radius 1 is 1.29 bits per heavy atom. The molecule has 17 heavy (non-hydrogen) atoms. The van der Waals surface area contributed by atoms with Crippen LogP contribution in [0.2, 0.25) is 0 Å². The van der Waals surface area contributed by atoms with E-state index in [1.165, 1.54) is 0 Å². The highest BCUT2D eigenvalue weighted by Crippen LogP contribution is 2.18. The van der Waals surface area contributed by atoms with Crippen molar-refractivity contribution < 1.29 is 4.74 Å². The molecule has 1 aromatic carbocycles. The number of nitrogens with two attached hydrogens (primary N) is 1.